The van der Waals surface area contributed by atoms with Crippen LogP contribution in [0.1, 0.15) is 0 Å². The molecule has 0 aromatic heterocycles. The molecule has 1 amide bonds. The Morgan fingerprint density at radius 2 is 2.14 bits per heavy atom. The number of hydrogen-bond acceptors (Lipinski definition) is 5. The van der Waals surface area contributed by atoms with Crippen LogP contribution >= 0.6 is 0 Å². The van der Waals surface area contributed by atoms with Gasteiger partial charge >= 0.3 is 0 Å². The molecular formula is C13H17FN4O3. The molecule has 0 atom stereocenters. The van der Waals surface area contributed by atoms with E-state index in [2.05, 4.69) is 5.32 Å². The molecule has 0 unspecified atom stereocenters. The number of nitrogens with one attached hydrogen (secondary N) is 1. The van der Waals surface area contributed by atoms with Crippen LogP contribution < -0.4 is 10.2 Å². The van der Waals surface area contributed by atoms with E-state index >= 15 is 0 Å². The highest BCUT2D eigenvalue weighted by Crippen LogP contribution is 2.27. The number of nitrogens with zero attached hydrogens (tertiary/aromatic N) is 3. The summed E-state index contributed by atoms with van der Waals surface area (Å²) in [7, 11) is 1.58. The summed E-state index contributed by atoms with van der Waals surface area (Å²) < 4.78 is 13.1. The number of halogens is 1. The van der Waals surface area contributed by atoms with Gasteiger partial charge in [-0.3, -0.25) is 14.9 Å². The van der Waals surface area contributed by atoms with Gasteiger partial charge in [0.05, 0.1) is 17.5 Å². The van der Waals surface area contributed by atoms with Gasteiger partial charge in [-0.15, -0.1) is 0 Å². The number of carbonyl (C=O) groups is 1. The topological polar surface area (TPSA) is 78.7 Å². The second-order valence-electron chi connectivity index (χ2n) is 4.88. The van der Waals surface area contributed by atoms with Crippen LogP contribution in [-0.4, -0.2) is 55.5 Å². The van der Waals surface area contributed by atoms with Gasteiger partial charge in [0.15, 0.2) is 0 Å². The van der Waals surface area contributed by atoms with Crippen LogP contribution in [0.3, 0.4) is 0 Å². The van der Waals surface area contributed by atoms with Crippen molar-refractivity contribution in [2.75, 3.05) is 44.7 Å². The zero-order valence-electron chi connectivity index (χ0n) is 11.7. The summed E-state index contributed by atoms with van der Waals surface area (Å²) in [6.45, 7) is 2.75. The quantitative estimate of drug-likeness (QED) is 0.650. The molecule has 1 aromatic rings. The highest BCUT2D eigenvalue weighted by atomic mass is 19.1. The van der Waals surface area contributed by atoms with E-state index in [0.717, 1.165) is 25.2 Å². The Bertz CT molecular complexity index is 546. The molecule has 0 spiro atoms. The molecule has 7 nitrogen and oxygen atoms in total. The first-order valence-electron chi connectivity index (χ1n) is 6.62. The second kappa shape index (κ2) is 6.49. The lowest BCUT2D eigenvalue weighted by Crippen LogP contribution is -2.49. The number of carbonyl (C=O) groups excluding carboxylic acids is 1. The zero-order chi connectivity index (χ0) is 15.4. The minimum atomic E-state index is -0.674. The van der Waals surface area contributed by atoms with Crippen LogP contribution in [0, 0.1) is 15.9 Å². The standard InChI is InChI=1S/C13H17FN4O3/c1-16(9-13(19)17-6-4-15-5-7-17)11-3-2-10(14)8-12(11)18(20)21/h2-3,8,15H,4-7,9H2,1H3. The molecule has 1 fully saturated rings. The van der Waals surface area contributed by atoms with Gasteiger partial charge in [-0.1, -0.05) is 0 Å². The molecule has 114 valence electrons. The third-order valence-corrected chi connectivity index (χ3v) is 3.39. The van der Waals surface area contributed by atoms with Crippen LogP contribution in [-0.2, 0) is 4.79 Å². The minimum Gasteiger partial charge on any atom is -0.360 e. The van der Waals surface area contributed by atoms with Gasteiger partial charge < -0.3 is 15.1 Å². The molecule has 1 saturated heterocycles. The van der Waals surface area contributed by atoms with Gasteiger partial charge in [0.25, 0.3) is 5.69 Å². The van der Waals surface area contributed by atoms with Gasteiger partial charge in [-0.05, 0) is 12.1 Å². The average Bonchev–Trinajstić information content (AvgIpc) is 2.47. The zero-order valence-corrected chi connectivity index (χ0v) is 11.7. The summed E-state index contributed by atoms with van der Waals surface area (Å²) in [5, 5.41) is 14.1. The predicted octanol–water partition coefficient (Wildman–Crippen LogP) is 0.602. The van der Waals surface area contributed by atoms with E-state index in [4.69, 9.17) is 0 Å². The molecule has 1 aliphatic heterocycles. The maximum atomic E-state index is 13.1. The highest BCUT2D eigenvalue weighted by Gasteiger charge is 2.22. The molecule has 1 N–H and O–H groups in total. The summed E-state index contributed by atoms with van der Waals surface area (Å²) in [6, 6.07) is 3.33. The van der Waals surface area contributed by atoms with Crippen molar-refractivity contribution in [1.29, 1.82) is 0 Å². The van der Waals surface area contributed by atoms with Gasteiger partial charge in [-0.2, -0.15) is 0 Å². The molecule has 8 heteroatoms. The van der Waals surface area contributed by atoms with Crippen molar-refractivity contribution in [3.05, 3.63) is 34.1 Å². The summed E-state index contributed by atoms with van der Waals surface area (Å²) in [6.07, 6.45) is 0. The van der Waals surface area contributed by atoms with Crippen LogP contribution in [0.5, 0.6) is 0 Å². The highest BCUT2D eigenvalue weighted by molar-refractivity contribution is 5.82. The van der Waals surface area contributed by atoms with E-state index in [9.17, 15) is 19.3 Å². The Hall–Kier alpha value is -2.22. The third kappa shape index (κ3) is 3.66. The molecule has 21 heavy (non-hydrogen) atoms. The van der Waals surface area contributed by atoms with E-state index < -0.39 is 10.7 Å². The molecule has 1 aliphatic rings. The number of hydrogen-bond donors (Lipinski definition) is 1. The molecule has 0 aliphatic carbocycles. The van der Waals surface area contributed by atoms with Crippen LogP contribution in [0.25, 0.3) is 0 Å². The lowest BCUT2D eigenvalue weighted by Gasteiger charge is -2.29. The minimum absolute atomic E-state index is 0.0203. The second-order valence-corrected chi connectivity index (χ2v) is 4.88. The Kier molecular flexibility index (Phi) is 4.69. The van der Waals surface area contributed by atoms with Crippen molar-refractivity contribution in [1.82, 2.24) is 10.2 Å². The molecule has 1 aromatic carbocycles. The molecule has 1 heterocycles. The number of piperazine rings is 1. The van der Waals surface area contributed by atoms with Gasteiger partial charge in [0, 0.05) is 33.2 Å². The molecular weight excluding hydrogens is 279 g/mol. The first-order chi connectivity index (χ1) is 9.99. The maximum Gasteiger partial charge on any atom is 0.295 e. The maximum absolute atomic E-state index is 13.1. The van der Waals surface area contributed by atoms with Crippen molar-refractivity contribution in [3.8, 4) is 0 Å². The number of benzene rings is 1. The van der Waals surface area contributed by atoms with Gasteiger partial charge in [0.1, 0.15) is 11.5 Å². The predicted molar refractivity (Wildman–Crippen MR) is 75.8 cm³/mol. The monoisotopic (exact) mass is 296 g/mol. The van der Waals surface area contributed by atoms with Crippen LogP contribution in [0.2, 0.25) is 0 Å². The fourth-order valence-electron chi connectivity index (χ4n) is 2.27. The number of nitro groups is 1. The van der Waals surface area contributed by atoms with Crippen molar-refractivity contribution in [3.63, 3.8) is 0 Å². The van der Waals surface area contributed by atoms with Crippen LogP contribution in [0.4, 0.5) is 15.8 Å². The largest absolute Gasteiger partial charge is 0.360 e. The first kappa shape index (κ1) is 15.2. The van der Waals surface area contributed by atoms with E-state index in [-0.39, 0.29) is 23.8 Å². The first-order valence-corrected chi connectivity index (χ1v) is 6.62. The fourth-order valence-corrected chi connectivity index (χ4v) is 2.27. The Morgan fingerprint density at radius 1 is 1.48 bits per heavy atom. The number of nitro benzene ring substituents is 1. The normalized spacial score (nSPS) is 14.9. The van der Waals surface area contributed by atoms with Crippen molar-refractivity contribution in [2.24, 2.45) is 0 Å². The molecule has 2 rings (SSSR count). The van der Waals surface area contributed by atoms with Crippen LogP contribution in [0.15, 0.2) is 18.2 Å². The van der Waals surface area contributed by atoms with Crippen molar-refractivity contribution in [2.45, 2.75) is 0 Å². The lowest BCUT2D eigenvalue weighted by atomic mass is 10.2. The Balaban J connectivity index is 2.11. The summed E-state index contributed by atoms with van der Waals surface area (Å²) in [5.41, 5.74) is -0.115. The van der Waals surface area contributed by atoms with E-state index in [0.29, 0.717) is 13.1 Å². The molecule has 0 radical (unpaired) electrons. The Labute approximate surface area is 121 Å². The van der Waals surface area contributed by atoms with Crippen molar-refractivity contribution >= 4 is 17.3 Å². The van der Waals surface area contributed by atoms with E-state index in [1.807, 2.05) is 0 Å². The lowest BCUT2D eigenvalue weighted by molar-refractivity contribution is -0.384. The fraction of sp³-hybridized carbons (Fsp3) is 0.462. The number of rotatable bonds is 4. The smallest absolute Gasteiger partial charge is 0.295 e. The average molecular weight is 296 g/mol. The van der Waals surface area contributed by atoms with E-state index in [1.165, 1.54) is 11.0 Å². The molecule has 0 saturated carbocycles. The SMILES string of the molecule is CN(CC(=O)N1CCNCC1)c1ccc(F)cc1[N+](=O)[O-]. The third-order valence-electron chi connectivity index (χ3n) is 3.39. The number of anilines is 1. The van der Waals surface area contributed by atoms with Crippen molar-refractivity contribution < 1.29 is 14.1 Å². The number of likely N-dealkylation sites (N-methyl/N-ethyl adjacent to an activating group) is 1. The summed E-state index contributed by atoms with van der Waals surface area (Å²) in [5.74, 6) is -0.773. The van der Waals surface area contributed by atoms with Gasteiger partial charge in [0.2, 0.25) is 5.91 Å². The Morgan fingerprint density at radius 3 is 2.76 bits per heavy atom. The summed E-state index contributed by atoms with van der Waals surface area (Å²) >= 11 is 0. The van der Waals surface area contributed by atoms with E-state index in [1.54, 1.807) is 11.9 Å². The number of amides is 1. The molecule has 0 bridgehead atoms. The summed E-state index contributed by atoms with van der Waals surface area (Å²) in [4.78, 5) is 25.7. The van der Waals surface area contributed by atoms with Gasteiger partial charge in [-0.25, -0.2) is 4.39 Å².